The van der Waals surface area contributed by atoms with Gasteiger partial charge in [-0.25, -0.2) is 9.59 Å². The van der Waals surface area contributed by atoms with Crippen LogP contribution in [0.2, 0.25) is 0 Å². The lowest BCUT2D eigenvalue weighted by Crippen LogP contribution is -2.14. The van der Waals surface area contributed by atoms with Crippen molar-refractivity contribution in [2.75, 3.05) is 0 Å². The summed E-state index contributed by atoms with van der Waals surface area (Å²) in [6.45, 7) is 2.14. The zero-order valence-electron chi connectivity index (χ0n) is 24.1. The van der Waals surface area contributed by atoms with Gasteiger partial charge in [0, 0.05) is 0 Å². The third-order valence-corrected chi connectivity index (χ3v) is 6.17. The molecule has 6 heteroatoms. The largest absolute Gasteiger partial charge is 0.478 e. The first-order valence-electron chi connectivity index (χ1n) is 14.5. The number of ether oxygens (including phenoxy) is 3. The van der Waals surface area contributed by atoms with Gasteiger partial charge < -0.3 is 19.3 Å². The molecule has 2 atom stereocenters. The third-order valence-electron chi connectivity index (χ3n) is 6.17. The predicted octanol–water partition coefficient (Wildman–Crippen LogP) is 8.80. The van der Waals surface area contributed by atoms with E-state index in [0.29, 0.717) is 12.2 Å². The van der Waals surface area contributed by atoms with E-state index in [9.17, 15) is 14.7 Å². The van der Waals surface area contributed by atoms with Gasteiger partial charge in [0.25, 0.3) is 0 Å². The minimum Gasteiger partial charge on any atom is -0.478 e. The second-order valence-corrected chi connectivity index (χ2v) is 9.50. The number of rotatable bonds is 18. The van der Waals surface area contributed by atoms with Crippen LogP contribution in [0.3, 0.4) is 0 Å². The van der Waals surface area contributed by atoms with Crippen LogP contribution in [-0.2, 0) is 4.74 Å². The Labute approximate surface area is 249 Å². The molecule has 0 radical (unpaired) electrons. The average molecular weight is 569 g/mol. The van der Waals surface area contributed by atoms with Crippen molar-refractivity contribution in [3.63, 3.8) is 0 Å². The Kier molecular flexibility index (Phi) is 14.4. The zero-order chi connectivity index (χ0) is 29.8. The van der Waals surface area contributed by atoms with Crippen LogP contribution in [0, 0.1) is 0 Å². The standard InChI is InChI=1S/C36H40O6/c1-2-3-4-5-6-7-8-9-10-11-12-13-14-15-16-17-18-19-28-33-36(42-33)41-32-27-23-21-25-30(32)35(39)40-31-26-22-20-24-29(31)34(37)38/h3-4,6-7,9-10,12-13,15-16,18-27,33,36H,2,5,8,11,14,17,28H2,1H3,(H,37,38)/b4-3-,7-6-,10-9-,13-12-,16-15-,19-18-. The molecule has 1 heterocycles. The summed E-state index contributed by atoms with van der Waals surface area (Å²) in [6.07, 6.45) is 31.9. The number of carboxylic acid groups (broad SMARTS) is 1. The molecule has 0 saturated carbocycles. The van der Waals surface area contributed by atoms with Crippen LogP contribution in [0.4, 0.5) is 0 Å². The van der Waals surface area contributed by atoms with Crippen molar-refractivity contribution in [2.45, 2.75) is 64.3 Å². The normalized spacial score (nSPS) is 17.0. The van der Waals surface area contributed by atoms with Gasteiger partial charge >= 0.3 is 11.9 Å². The summed E-state index contributed by atoms with van der Waals surface area (Å²) in [5.74, 6) is -1.58. The smallest absolute Gasteiger partial charge is 0.347 e. The maximum atomic E-state index is 12.8. The second kappa shape index (κ2) is 18.8. The average Bonchev–Trinajstić information content (AvgIpc) is 3.74. The first-order valence-corrected chi connectivity index (χ1v) is 14.5. The molecule has 220 valence electrons. The van der Waals surface area contributed by atoms with Crippen molar-refractivity contribution in [3.8, 4) is 11.5 Å². The Balaban J connectivity index is 1.31. The van der Waals surface area contributed by atoms with Crippen LogP contribution in [0.1, 0.15) is 72.6 Å². The molecule has 6 nitrogen and oxygen atoms in total. The van der Waals surface area contributed by atoms with E-state index < -0.39 is 18.2 Å². The zero-order valence-corrected chi connectivity index (χ0v) is 24.1. The maximum absolute atomic E-state index is 12.8. The fourth-order valence-electron chi connectivity index (χ4n) is 3.90. The van der Waals surface area contributed by atoms with E-state index in [1.54, 1.807) is 36.4 Å². The van der Waals surface area contributed by atoms with Crippen LogP contribution < -0.4 is 9.47 Å². The molecule has 0 bridgehead atoms. The van der Waals surface area contributed by atoms with E-state index >= 15 is 0 Å². The SMILES string of the molecule is CC/C=C\C/C=C\C/C=C\C/C=C\C/C=C\C/C=C\CC1OC1Oc1ccccc1C(=O)Oc1ccccc1C(=O)O. The molecule has 2 unspecified atom stereocenters. The number of aromatic carboxylic acids is 1. The first kappa shape index (κ1) is 32.1. The number of hydrogen-bond acceptors (Lipinski definition) is 5. The number of para-hydroxylation sites is 2. The van der Waals surface area contributed by atoms with Gasteiger partial charge in [0.1, 0.15) is 28.7 Å². The molecule has 1 N–H and O–H groups in total. The van der Waals surface area contributed by atoms with E-state index in [1.165, 1.54) is 12.1 Å². The molecule has 42 heavy (non-hydrogen) atoms. The maximum Gasteiger partial charge on any atom is 0.347 e. The van der Waals surface area contributed by atoms with E-state index in [2.05, 4.69) is 79.8 Å². The predicted molar refractivity (Wildman–Crippen MR) is 167 cm³/mol. The van der Waals surface area contributed by atoms with Gasteiger partial charge in [-0.15, -0.1) is 0 Å². The van der Waals surface area contributed by atoms with E-state index in [1.807, 2.05) is 0 Å². The number of carboxylic acids is 1. The van der Waals surface area contributed by atoms with Crippen molar-refractivity contribution in [3.05, 3.63) is 133 Å². The van der Waals surface area contributed by atoms with Crippen molar-refractivity contribution < 1.29 is 28.9 Å². The quantitative estimate of drug-likeness (QED) is 0.0837. The molecular weight excluding hydrogens is 528 g/mol. The van der Waals surface area contributed by atoms with Gasteiger partial charge in [-0.05, 0) is 69.2 Å². The summed E-state index contributed by atoms with van der Waals surface area (Å²) in [4.78, 5) is 24.2. The molecule has 0 spiro atoms. The summed E-state index contributed by atoms with van der Waals surface area (Å²) in [5, 5.41) is 9.33. The molecule has 0 aliphatic carbocycles. The number of carbonyl (C=O) groups excluding carboxylic acids is 1. The van der Waals surface area contributed by atoms with Crippen LogP contribution >= 0.6 is 0 Å². The van der Waals surface area contributed by atoms with Gasteiger partial charge in [0.05, 0.1) is 0 Å². The number of benzene rings is 2. The molecule has 1 aliphatic rings. The van der Waals surface area contributed by atoms with Crippen LogP contribution in [0.5, 0.6) is 11.5 Å². The highest BCUT2D eigenvalue weighted by Crippen LogP contribution is 2.31. The number of epoxide rings is 1. The summed E-state index contributed by atoms with van der Waals surface area (Å²) < 4.78 is 16.9. The molecule has 1 fully saturated rings. The highest BCUT2D eigenvalue weighted by Gasteiger charge is 2.41. The fraction of sp³-hybridized carbons (Fsp3) is 0.278. The summed E-state index contributed by atoms with van der Waals surface area (Å²) in [5.41, 5.74) is 0.104. The summed E-state index contributed by atoms with van der Waals surface area (Å²) in [7, 11) is 0. The molecule has 0 aromatic heterocycles. The number of allylic oxidation sites excluding steroid dienone is 11. The lowest BCUT2D eigenvalue weighted by Gasteiger charge is -2.11. The van der Waals surface area contributed by atoms with Gasteiger partial charge in [0.2, 0.25) is 6.29 Å². The van der Waals surface area contributed by atoms with Gasteiger partial charge in [-0.1, -0.05) is 104 Å². The van der Waals surface area contributed by atoms with E-state index in [-0.39, 0.29) is 23.0 Å². The lowest BCUT2D eigenvalue weighted by atomic mass is 10.2. The molecular formula is C36H40O6. The fourth-order valence-corrected chi connectivity index (χ4v) is 3.90. The third kappa shape index (κ3) is 12.0. The van der Waals surface area contributed by atoms with Crippen LogP contribution in [-0.4, -0.2) is 29.4 Å². The van der Waals surface area contributed by atoms with Crippen LogP contribution in [0.25, 0.3) is 0 Å². The molecule has 3 rings (SSSR count). The van der Waals surface area contributed by atoms with E-state index in [4.69, 9.17) is 14.2 Å². The van der Waals surface area contributed by atoms with Crippen LogP contribution in [0.15, 0.2) is 121 Å². The van der Waals surface area contributed by atoms with Gasteiger partial charge in [-0.3, -0.25) is 0 Å². The second-order valence-electron chi connectivity index (χ2n) is 9.50. The molecule has 1 aliphatic heterocycles. The highest BCUT2D eigenvalue weighted by molar-refractivity contribution is 5.97. The highest BCUT2D eigenvalue weighted by atomic mass is 16.8. The Morgan fingerprint density at radius 3 is 1.71 bits per heavy atom. The lowest BCUT2D eigenvalue weighted by molar-refractivity contribution is 0.0680. The Hall–Kier alpha value is -4.42. The van der Waals surface area contributed by atoms with Crippen molar-refractivity contribution in [1.29, 1.82) is 0 Å². The van der Waals surface area contributed by atoms with Gasteiger partial charge in [-0.2, -0.15) is 0 Å². The monoisotopic (exact) mass is 568 g/mol. The first-order chi connectivity index (χ1) is 20.6. The Morgan fingerprint density at radius 1 is 0.690 bits per heavy atom. The Bertz CT molecular complexity index is 1310. The molecule has 1 saturated heterocycles. The molecule has 2 aromatic carbocycles. The van der Waals surface area contributed by atoms with Crippen molar-refractivity contribution >= 4 is 11.9 Å². The number of hydrogen-bond donors (Lipinski definition) is 1. The Morgan fingerprint density at radius 2 is 1.17 bits per heavy atom. The summed E-state index contributed by atoms with van der Waals surface area (Å²) in [6, 6.07) is 12.7. The minimum atomic E-state index is -1.17. The van der Waals surface area contributed by atoms with Crippen molar-refractivity contribution in [2.24, 2.45) is 0 Å². The molecule has 2 aromatic rings. The number of esters is 1. The molecule has 0 amide bonds. The summed E-state index contributed by atoms with van der Waals surface area (Å²) >= 11 is 0. The van der Waals surface area contributed by atoms with E-state index in [0.717, 1.165) is 38.5 Å². The van der Waals surface area contributed by atoms with Gasteiger partial charge in [0.15, 0.2) is 0 Å². The number of carbonyl (C=O) groups is 2. The van der Waals surface area contributed by atoms with Crippen molar-refractivity contribution in [1.82, 2.24) is 0 Å². The minimum absolute atomic E-state index is 0.0250. The topological polar surface area (TPSA) is 85.4 Å².